The second-order valence-corrected chi connectivity index (χ2v) is 8.73. The Hall–Kier alpha value is -3.56. The van der Waals surface area contributed by atoms with Gasteiger partial charge in [-0.1, -0.05) is 30.7 Å². The van der Waals surface area contributed by atoms with E-state index in [-0.39, 0.29) is 29.1 Å². The second kappa shape index (κ2) is 9.97. The third kappa shape index (κ3) is 5.11. The van der Waals surface area contributed by atoms with E-state index in [9.17, 15) is 18.7 Å². The summed E-state index contributed by atoms with van der Waals surface area (Å²) in [6.45, 7) is 3.21. The fourth-order valence-electron chi connectivity index (χ4n) is 3.91. The molecule has 0 saturated carbocycles. The molecule has 35 heavy (non-hydrogen) atoms. The minimum atomic E-state index is -1.11. The fourth-order valence-corrected chi connectivity index (χ4v) is 4.04. The number of benzene rings is 2. The van der Waals surface area contributed by atoms with E-state index in [1.807, 2.05) is 6.92 Å². The molecule has 7 nitrogen and oxygen atoms in total. The highest BCUT2D eigenvalue weighted by atomic mass is 35.5. The first kappa shape index (κ1) is 24.6. The molecule has 4 N–H and O–H groups in total. The number of amides is 1. The molecule has 2 aromatic carbocycles. The molecule has 0 aliphatic rings. The molecule has 0 aliphatic carbocycles. The monoisotopic (exact) mass is 499 g/mol. The van der Waals surface area contributed by atoms with Crippen LogP contribution in [0.4, 0.5) is 14.7 Å². The van der Waals surface area contributed by atoms with E-state index in [2.05, 4.69) is 15.4 Å². The van der Waals surface area contributed by atoms with Crippen molar-refractivity contribution in [3.05, 3.63) is 82.0 Å². The Labute approximate surface area is 205 Å². The van der Waals surface area contributed by atoms with Gasteiger partial charge in [-0.2, -0.15) is 4.98 Å². The van der Waals surface area contributed by atoms with Crippen LogP contribution in [0.2, 0.25) is 5.02 Å². The first-order valence-corrected chi connectivity index (χ1v) is 11.4. The van der Waals surface area contributed by atoms with Crippen LogP contribution in [-0.2, 0) is 0 Å². The zero-order valence-electron chi connectivity index (χ0n) is 19.1. The summed E-state index contributed by atoms with van der Waals surface area (Å²) in [5.41, 5.74) is 6.75. The van der Waals surface area contributed by atoms with Gasteiger partial charge in [-0.15, -0.1) is 5.10 Å². The molecule has 0 radical (unpaired) electrons. The van der Waals surface area contributed by atoms with Crippen LogP contribution >= 0.6 is 11.6 Å². The van der Waals surface area contributed by atoms with Crippen molar-refractivity contribution in [1.29, 1.82) is 0 Å². The number of nitrogens with zero attached hydrogens (tertiary/aromatic N) is 3. The van der Waals surface area contributed by atoms with Gasteiger partial charge in [-0.3, -0.25) is 4.79 Å². The molecule has 0 aliphatic heterocycles. The molecule has 0 bridgehead atoms. The number of carbonyl (C=O) groups excluding carboxylic acids is 1. The molecule has 10 heteroatoms. The average Bonchev–Trinajstić information content (AvgIpc) is 3.21. The first-order valence-electron chi connectivity index (χ1n) is 11.0. The van der Waals surface area contributed by atoms with Crippen LogP contribution in [0.25, 0.3) is 16.8 Å². The summed E-state index contributed by atoms with van der Waals surface area (Å²) in [6.07, 6.45) is 1.46. The highest BCUT2D eigenvalue weighted by Gasteiger charge is 2.24. The number of halogens is 3. The number of anilines is 1. The lowest BCUT2D eigenvalue weighted by molar-refractivity contribution is 0.0907. The Balaban J connectivity index is 1.60. The molecule has 2 atom stereocenters. The third-order valence-electron chi connectivity index (χ3n) is 5.95. The van der Waals surface area contributed by atoms with Gasteiger partial charge in [0, 0.05) is 34.0 Å². The molecule has 2 aromatic heterocycles. The van der Waals surface area contributed by atoms with Crippen LogP contribution in [0.1, 0.15) is 47.4 Å². The summed E-state index contributed by atoms with van der Waals surface area (Å²) in [4.78, 5) is 17.2. The summed E-state index contributed by atoms with van der Waals surface area (Å²) in [7, 11) is 0. The minimum Gasteiger partial charge on any atom is -0.388 e. The Morgan fingerprint density at radius 2 is 1.91 bits per heavy atom. The minimum absolute atomic E-state index is 0.000753. The number of pyridine rings is 1. The molecule has 4 aromatic rings. The predicted molar refractivity (Wildman–Crippen MR) is 130 cm³/mol. The first-order chi connectivity index (χ1) is 16.7. The van der Waals surface area contributed by atoms with E-state index in [0.29, 0.717) is 28.2 Å². The summed E-state index contributed by atoms with van der Waals surface area (Å²) in [5.74, 6) is -2.70. The number of nitrogen functional groups attached to an aromatic ring is 1. The summed E-state index contributed by atoms with van der Waals surface area (Å²) >= 11 is 5.90. The highest BCUT2D eigenvalue weighted by molar-refractivity contribution is 6.30. The number of nitrogens with one attached hydrogen (secondary N) is 1. The third-order valence-corrected chi connectivity index (χ3v) is 6.20. The van der Waals surface area contributed by atoms with E-state index >= 15 is 0 Å². The molecule has 1 amide bonds. The van der Waals surface area contributed by atoms with Crippen LogP contribution in [0.3, 0.4) is 0 Å². The van der Waals surface area contributed by atoms with Crippen molar-refractivity contribution in [2.45, 2.75) is 38.8 Å². The number of rotatable bonds is 7. The van der Waals surface area contributed by atoms with Gasteiger partial charge >= 0.3 is 0 Å². The molecular formula is C25H24ClF2N5O2. The van der Waals surface area contributed by atoms with Crippen molar-refractivity contribution < 1.29 is 18.7 Å². The molecule has 0 saturated heterocycles. The number of aromatic nitrogens is 3. The van der Waals surface area contributed by atoms with Gasteiger partial charge in [0.15, 0.2) is 17.3 Å². The van der Waals surface area contributed by atoms with Crippen molar-refractivity contribution in [2.75, 3.05) is 5.73 Å². The standard InChI is InChI=1S/C25H24ClF2N5O2/c1-3-17(11-20(34)14-4-6-16(26)7-5-14)30-24(35)18-12-19(23(28)22(27)13(18)2)15-8-9-33-21(10-15)31-25(29)32-33/h4-10,12,17,20,34H,3,11H2,1-2H3,(H2,29,32)(H,30,35)/t17-,20+/m0/s1. The summed E-state index contributed by atoms with van der Waals surface area (Å²) in [5, 5.41) is 17.9. The lowest BCUT2D eigenvalue weighted by atomic mass is 9.97. The molecule has 0 unspecified atom stereocenters. The Bertz CT molecular complexity index is 1390. The average molecular weight is 500 g/mol. The van der Waals surface area contributed by atoms with Crippen molar-refractivity contribution in [1.82, 2.24) is 19.9 Å². The maximum absolute atomic E-state index is 14.9. The molecule has 4 rings (SSSR count). The van der Waals surface area contributed by atoms with Crippen LogP contribution in [0.15, 0.2) is 48.7 Å². The van der Waals surface area contributed by atoms with E-state index in [0.717, 1.165) is 0 Å². The lowest BCUT2D eigenvalue weighted by Crippen LogP contribution is -2.36. The van der Waals surface area contributed by atoms with Gasteiger partial charge in [0.1, 0.15) is 0 Å². The van der Waals surface area contributed by atoms with Gasteiger partial charge in [-0.25, -0.2) is 13.3 Å². The fraction of sp³-hybridized carbons (Fsp3) is 0.240. The van der Waals surface area contributed by atoms with Crippen molar-refractivity contribution in [2.24, 2.45) is 0 Å². The van der Waals surface area contributed by atoms with Gasteiger partial charge in [0.2, 0.25) is 5.95 Å². The molecule has 2 heterocycles. The Morgan fingerprint density at radius 3 is 2.60 bits per heavy atom. The lowest BCUT2D eigenvalue weighted by Gasteiger charge is -2.22. The van der Waals surface area contributed by atoms with E-state index < -0.39 is 29.7 Å². The summed E-state index contributed by atoms with van der Waals surface area (Å²) in [6, 6.07) is 10.7. The van der Waals surface area contributed by atoms with Gasteiger partial charge < -0.3 is 16.2 Å². The number of hydrogen-bond acceptors (Lipinski definition) is 5. The molecule has 182 valence electrons. The van der Waals surface area contributed by atoms with Crippen molar-refractivity contribution in [3.63, 3.8) is 0 Å². The van der Waals surface area contributed by atoms with E-state index in [1.165, 1.54) is 35.8 Å². The van der Waals surface area contributed by atoms with Crippen LogP contribution in [-0.4, -0.2) is 31.7 Å². The number of fused-ring (bicyclic) bond motifs is 1. The Kier molecular flexibility index (Phi) is 7.00. The van der Waals surface area contributed by atoms with Crippen LogP contribution in [0.5, 0.6) is 0 Å². The summed E-state index contributed by atoms with van der Waals surface area (Å²) < 4.78 is 31.1. The highest BCUT2D eigenvalue weighted by Crippen LogP contribution is 2.30. The van der Waals surface area contributed by atoms with Crippen LogP contribution in [0, 0.1) is 18.6 Å². The van der Waals surface area contributed by atoms with Crippen molar-refractivity contribution in [3.8, 4) is 11.1 Å². The molecule has 0 fully saturated rings. The maximum atomic E-state index is 14.9. The zero-order valence-corrected chi connectivity index (χ0v) is 19.9. The van der Waals surface area contributed by atoms with Crippen LogP contribution < -0.4 is 11.1 Å². The normalized spacial score (nSPS) is 13.1. The molecular weight excluding hydrogens is 476 g/mol. The molecule has 0 spiro atoms. The number of hydrogen-bond donors (Lipinski definition) is 3. The zero-order chi connectivity index (χ0) is 25.3. The SMILES string of the molecule is CC[C@@H](C[C@@H](O)c1ccc(Cl)cc1)NC(=O)c1cc(-c2ccn3nc(N)nc3c2)c(F)c(F)c1C. The quantitative estimate of drug-likeness (QED) is 0.337. The predicted octanol–water partition coefficient (Wildman–Crippen LogP) is 4.85. The number of carbonyl (C=O) groups is 1. The maximum Gasteiger partial charge on any atom is 0.251 e. The van der Waals surface area contributed by atoms with Gasteiger partial charge in [0.25, 0.3) is 5.91 Å². The Morgan fingerprint density at radius 1 is 1.20 bits per heavy atom. The number of aliphatic hydroxyl groups excluding tert-OH is 1. The van der Waals surface area contributed by atoms with Gasteiger partial charge in [-0.05, 0) is 61.2 Å². The van der Waals surface area contributed by atoms with E-state index in [4.69, 9.17) is 17.3 Å². The van der Waals surface area contributed by atoms with Crippen molar-refractivity contribution >= 4 is 29.1 Å². The number of aliphatic hydroxyl groups is 1. The largest absolute Gasteiger partial charge is 0.388 e. The van der Waals surface area contributed by atoms with E-state index in [1.54, 1.807) is 24.3 Å². The second-order valence-electron chi connectivity index (χ2n) is 8.29. The number of nitrogens with two attached hydrogens (primary N) is 1. The smallest absolute Gasteiger partial charge is 0.251 e. The topological polar surface area (TPSA) is 106 Å². The van der Waals surface area contributed by atoms with Gasteiger partial charge in [0.05, 0.1) is 6.10 Å².